The van der Waals surface area contributed by atoms with Gasteiger partial charge in [-0.3, -0.25) is 9.69 Å². The lowest BCUT2D eigenvalue weighted by molar-refractivity contribution is -0.0555. The van der Waals surface area contributed by atoms with E-state index in [1.165, 1.54) is 30.8 Å². The third-order valence-corrected chi connectivity index (χ3v) is 5.38. The van der Waals surface area contributed by atoms with Gasteiger partial charge in [-0.25, -0.2) is 0 Å². The Morgan fingerprint density at radius 2 is 2.24 bits per heavy atom. The van der Waals surface area contributed by atoms with Gasteiger partial charge >= 0.3 is 0 Å². The van der Waals surface area contributed by atoms with Crippen molar-refractivity contribution < 1.29 is 9.53 Å². The third kappa shape index (κ3) is 2.34. The molecule has 4 rings (SSSR count). The van der Waals surface area contributed by atoms with Gasteiger partial charge in [-0.05, 0) is 45.2 Å². The Balaban J connectivity index is 1.53. The fourth-order valence-electron chi connectivity index (χ4n) is 4.24. The summed E-state index contributed by atoms with van der Waals surface area (Å²) in [5.41, 5.74) is 3.42. The summed E-state index contributed by atoms with van der Waals surface area (Å²) in [7, 11) is 0. The summed E-state index contributed by atoms with van der Waals surface area (Å²) in [5.74, 6) is 0.322. The molecule has 0 amide bonds. The van der Waals surface area contributed by atoms with E-state index in [0.29, 0.717) is 18.2 Å². The predicted octanol–water partition coefficient (Wildman–Crippen LogP) is 2.18. The van der Waals surface area contributed by atoms with Gasteiger partial charge in [-0.1, -0.05) is 0 Å². The monoisotopic (exact) mass is 288 g/mol. The number of fused-ring (bicyclic) bond motifs is 2. The quantitative estimate of drug-likeness (QED) is 0.836. The van der Waals surface area contributed by atoms with E-state index in [2.05, 4.69) is 22.5 Å². The van der Waals surface area contributed by atoms with E-state index in [9.17, 15) is 4.79 Å². The molecule has 1 aliphatic carbocycles. The smallest absolute Gasteiger partial charge is 0.164 e. The lowest BCUT2D eigenvalue weighted by Gasteiger charge is -2.36. The van der Waals surface area contributed by atoms with Crippen molar-refractivity contribution in [1.29, 1.82) is 0 Å². The number of aromatic nitrogens is 1. The maximum Gasteiger partial charge on any atom is 0.164 e. The van der Waals surface area contributed by atoms with Crippen LogP contribution in [0.25, 0.3) is 0 Å². The van der Waals surface area contributed by atoms with Gasteiger partial charge in [0.1, 0.15) is 0 Å². The number of nitrogens with zero attached hydrogens (tertiary/aromatic N) is 2. The van der Waals surface area contributed by atoms with Crippen molar-refractivity contribution in [3.8, 4) is 0 Å². The van der Waals surface area contributed by atoms with Crippen molar-refractivity contribution in [3.05, 3.63) is 23.0 Å². The third-order valence-electron chi connectivity index (χ3n) is 5.38. The van der Waals surface area contributed by atoms with E-state index in [0.717, 1.165) is 38.1 Å². The number of carbonyl (C=O) groups is 1. The summed E-state index contributed by atoms with van der Waals surface area (Å²) < 4.78 is 8.43. The summed E-state index contributed by atoms with van der Waals surface area (Å²) in [6, 6.07) is 2.74. The number of Topliss-reactive ketones (excluding diaryl/α,β-unsaturated/α-hetero) is 1. The second-order valence-electron chi connectivity index (χ2n) is 6.78. The topological polar surface area (TPSA) is 34.5 Å². The summed E-state index contributed by atoms with van der Waals surface area (Å²) in [5, 5.41) is 0. The minimum atomic E-state index is 0.270. The highest BCUT2D eigenvalue weighted by molar-refractivity contribution is 5.98. The summed E-state index contributed by atoms with van der Waals surface area (Å²) in [6.45, 7) is 6.17. The molecule has 1 aromatic heterocycles. The first-order valence-electron chi connectivity index (χ1n) is 8.30. The standard InChI is InChI=1S/C17H24N2O2/c1-12-8-15-16(5-2-6-17(15)20)19(12)10-14-9-18-7-3-4-13(18)11-21-14/h8,13-14H,2-7,9-11H2,1H3. The van der Waals surface area contributed by atoms with E-state index >= 15 is 0 Å². The van der Waals surface area contributed by atoms with Crippen LogP contribution in [0, 0.1) is 6.92 Å². The zero-order valence-corrected chi connectivity index (χ0v) is 12.8. The molecule has 4 nitrogen and oxygen atoms in total. The number of ether oxygens (including phenoxy) is 1. The maximum absolute atomic E-state index is 12.0. The Kier molecular flexibility index (Phi) is 3.38. The van der Waals surface area contributed by atoms with E-state index in [1.54, 1.807) is 0 Å². The van der Waals surface area contributed by atoms with E-state index in [1.807, 2.05) is 0 Å². The van der Waals surface area contributed by atoms with Gasteiger partial charge in [-0.15, -0.1) is 0 Å². The van der Waals surface area contributed by atoms with Crippen LogP contribution in [0.15, 0.2) is 6.07 Å². The molecule has 2 atom stereocenters. The molecule has 1 aromatic rings. The highest BCUT2D eigenvalue weighted by atomic mass is 16.5. The first-order valence-corrected chi connectivity index (χ1v) is 8.30. The van der Waals surface area contributed by atoms with Crippen molar-refractivity contribution in [1.82, 2.24) is 9.47 Å². The predicted molar refractivity (Wildman–Crippen MR) is 80.8 cm³/mol. The van der Waals surface area contributed by atoms with Crippen LogP contribution in [0.2, 0.25) is 0 Å². The highest BCUT2D eigenvalue weighted by Gasteiger charge is 2.33. The molecule has 0 saturated carbocycles. The fourth-order valence-corrected chi connectivity index (χ4v) is 4.24. The molecule has 2 unspecified atom stereocenters. The normalized spacial score (nSPS) is 29.5. The second kappa shape index (κ2) is 5.25. The maximum atomic E-state index is 12.0. The minimum Gasteiger partial charge on any atom is -0.373 e. The van der Waals surface area contributed by atoms with E-state index in [-0.39, 0.29) is 6.10 Å². The number of ketones is 1. The second-order valence-corrected chi connectivity index (χ2v) is 6.78. The molecule has 0 aromatic carbocycles. The Morgan fingerprint density at radius 1 is 1.33 bits per heavy atom. The van der Waals surface area contributed by atoms with Crippen molar-refractivity contribution in [2.24, 2.45) is 0 Å². The molecule has 3 heterocycles. The highest BCUT2D eigenvalue weighted by Crippen LogP contribution is 2.27. The molecule has 2 saturated heterocycles. The molecule has 0 N–H and O–H groups in total. The average molecular weight is 288 g/mol. The number of carbonyl (C=O) groups excluding carboxylic acids is 1. The number of aryl methyl sites for hydroxylation is 1. The first-order chi connectivity index (χ1) is 10.2. The summed E-state index contributed by atoms with van der Waals surface area (Å²) in [6.07, 6.45) is 5.62. The van der Waals surface area contributed by atoms with Crippen LogP contribution in [-0.4, -0.2) is 47.1 Å². The van der Waals surface area contributed by atoms with Crippen LogP contribution in [-0.2, 0) is 17.7 Å². The molecule has 3 aliphatic rings. The van der Waals surface area contributed by atoms with Crippen molar-refractivity contribution in [3.63, 3.8) is 0 Å². The van der Waals surface area contributed by atoms with Crippen LogP contribution in [0.1, 0.15) is 47.4 Å². The van der Waals surface area contributed by atoms with E-state index in [4.69, 9.17) is 4.74 Å². The van der Waals surface area contributed by atoms with Gasteiger partial charge in [0.2, 0.25) is 0 Å². The summed E-state index contributed by atoms with van der Waals surface area (Å²) >= 11 is 0. The van der Waals surface area contributed by atoms with Crippen molar-refractivity contribution in [2.75, 3.05) is 19.7 Å². The molecule has 0 bridgehead atoms. The Hall–Kier alpha value is -1.13. The van der Waals surface area contributed by atoms with Crippen LogP contribution >= 0.6 is 0 Å². The van der Waals surface area contributed by atoms with Crippen molar-refractivity contribution in [2.45, 2.75) is 57.7 Å². The molecule has 4 heteroatoms. The van der Waals surface area contributed by atoms with Gasteiger partial charge in [0.25, 0.3) is 0 Å². The molecule has 0 radical (unpaired) electrons. The molecule has 114 valence electrons. The lowest BCUT2D eigenvalue weighted by atomic mass is 9.96. The molecule has 2 aliphatic heterocycles. The number of rotatable bonds is 2. The molecule has 2 fully saturated rings. The van der Waals surface area contributed by atoms with Crippen molar-refractivity contribution >= 4 is 5.78 Å². The van der Waals surface area contributed by atoms with Gasteiger partial charge in [-0.2, -0.15) is 0 Å². The molecule has 0 spiro atoms. The van der Waals surface area contributed by atoms with Crippen LogP contribution < -0.4 is 0 Å². The van der Waals surface area contributed by atoms with Gasteiger partial charge in [0.05, 0.1) is 19.3 Å². The number of morpholine rings is 1. The first kappa shape index (κ1) is 13.5. The SMILES string of the molecule is Cc1cc2c(n1CC1CN3CCCC3CO1)CCCC2=O. The van der Waals surface area contributed by atoms with Crippen LogP contribution in [0.5, 0.6) is 0 Å². The fraction of sp³-hybridized carbons (Fsp3) is 0.706. The largest absolute Gasteiger partial charge is 0.373 e. The molecular formula is C17H24N2O2. The Morgan fingerprint density at radius 3 is 3.14 bits per heavy atom. The zero-order chi connectivity index (χ0) is 14.4. The van der Waals surface area contributed by atoms with Crippen LogP contribution in [0.4, 0.5) is 0 Å². The van der Waals surface area contributed by atoms with E-state index < -0.39 is 0 Å². The summed E-state index contributed by atoms with van der Waals surface area (Å²) in [4.78, 5) is 14.6. The van der Waals surface area contributed by atoms with Gasteiger partial charge < -0.3 is 9.30 Å². The minimum absolute atomic E-state index is 0.270. The lowest BCUT2D eigenvalue weighted by Crippen LogP contribution is -2.47. The zero-order valence-electron chi connectivity index (χ0n) is 12.8. The Labute approximate surface area is 126 Å². The van der Waals surface area contributed by atoms with Crippen LogP contribution in [0.3, 0.4) is 0 Å². The molecule has 21 heavy (non-hydrogen) atoms. The van der Waals surface area contributed by atoms with Gasteiger partial charge in [0, 0.05) is 36.0 Å². The van der Waals surface area contributed by atoms with Gasteiger partial charge in [0.15, 0.2) is 5.78 Å². The number of hydrogen-bond donors (Lipinski definition) is 0. The number of hydrogen-bond acceptors (Lipinski definition) is 3. The Bertz CT molecular complexity index is 563. The molecular weight excluding hydrogens is 264 g/mol. The average Bonchev–Trinajstić information content (AvgIpc) is 3.05.